The number of thioether (sulfide) groups is 1. The number of carbonyl (C=O) groups excluding carboxylic acids is 12. The van der Waals surface area contributed by atoms with Crippen molar-refractivity contribution in [2.45, 2.75) is 118 Å². The Morgan fingerprint density at radius 1 is 0.403 bits per heavy atom. The summed E-state index contributed by atoms with van der Waals surface area (Å²) in [6.45, 7) is -0.588. The minimum absolute atomic E-state index is 0.0859. The van der Waals surface area contributed by atoms with Crippen LogP contribution in [-0.2, 0) is 115 Å². The predicted molar refractivity (Wildman–Crippen MR) is 477 cm³/mol. The second-order valence-corrected chi connectivity index (χ2v) is 32.4. The molecule has 0 radical (unpaired) electrons. The van der Waals surface area contributed by atoms with Crippen molar-refractivity contribution in [1.82, 2.24) is 147 Å². The van der Waals surface area contributed by atoms with Gasteiger partial charge in [-0.05, 0) is 35.9 Å². The quantitative estimate of drug-likeness (QED) is 0.0127. The Kier molecular flexibility index (Phi) is 31.8. The standard InChI is InChI=1S/C85H96N32O16S/c1-116(2)54-6-9-57-70(21-54)133-71-22-55(117(3)4)7-10-58(71)74(57)56-8-5-44(11-59(56)84(129)130)105-73(119)34-134-33-69(106-72(118)23-86)83(128)114-66(18-51-30-93-41-102-51)81(126)112-64(16-49-28-91-39-100-49)79(124)110-62(14-47-26-89-37-98-47)77(122)108-60(12-45-24-87-35-96-45)75(120)107-61(13-46-25-88-36-97-46)76(121)109-63(15-48-27-90-38-99-48)78(123)111-65(17-50-29-92-40-101-50)80(125)113-67(19-52-31-94-42-103-52)82(127)115-68(85(131)132)20-53-32-95-43-104-53/h5-11,21-22,24-32,35-43,60-69H,12-20,23,33-34,86H2,1-4H3,(H21,87,88,89,90,91,92,93,94,95,96,97,98,99,100,101,102,103,104,106,107,108,109,110,111,112,113,114,115,118,120,121,122,123,124,125,126,127,128,129,130,131,132)/t60-,61-,62-,63-,64-,65-,66-,67-,68-,69-/m0/s1. The van der Waals surface area contributed by atoms with Crippen LogP contribution in [0.3, 0.4) is 0 Å². The molecule has 9 aromatic heterocycles. The highest BCUT2D eigenvalue weighted by molar-refractivity contribution is 8.00. The minimum atomic E-state index is -1.67. The number of H-pyrrole nitrogens is 9. The fourth-order valence-electron chi connectivity index (χ4n) is 14.5. The maximum Gasteiger partial charge on any atom is 0.326 e. The minimum Gasteiger partial charge on any atom is -0.545 e. The van der Waals surface area contributed by atoms with Gasteiger partial charge in [0, 0.05) is 179 Å². The molecule has 2 aromatic carbocycles. The van der Waals surface area contributed by atoms with Gasteiger partial charge in [-0.2, -0.15) is 0 Å². The molecule has 0 bridgehead atoms. The lowest BCUT2D eigenvalue weighted by molar-refractivity contribution is -0.255. The van der Waals surface area contributed by atoms with Gasteiger partial charge in [0.05, 0.1) is 133 Å². The zero-order valence-corrected chi connectivity index (χ0v) is 73.1. The predicted octanol–water partition coefficient (Wildman–Crippen LogP) is -4.08. The van der Waals surface area contributed by atoms with Crippen LogP contribution in [0, 0.1) is 0 Å². The number of rotatable bonds is 47. The molecule has 23 N–H and O–H groups in total. The highest BCUT2D eigenvalue weighted by atomic mass is 32.2. The monoisotopic (exact) mass is 1850 g/mol. The maximum absolute atomic E-state index is 15.3. The zero-order valence-electron chi connectivity index (χ0n) is 72.3. The first-order valence-corrected chi connectivity index (χ1v) is 43.0. The Balaban J connectivity index is 0.706. The first-order valence-electron chi connectivity index (χ1n) is 41.8. The lowest BCUT2D eigenvalue weighted by atomic mass is 9.90. The highest BCUT2D eigenvalue weighted by Gasteiger charge is 2.39. The van der Waals surface area contributed by atoms with Gasteiger partial charge in [0.2, 0.25) is 70.3 Å². The SMILES string of the molecule is CN(C)c1ccc2c(-c3ccc(NC(=O)CSC[C@H](NC(=O)CN)C(=O)N[C@@H](Cc4c[nH]cn4)C(=O)N[C@@H](Cc4c[nH]cn4)C(=O)N[C@@H](Cc4c[nH]cn4)C(=O)N[C@@H](Cc4c[nH]cn4)C(=O)N[C@@H](Cc4c[nH]cn4)C(=O)N[C@@H](Cc4c[nH]cn4)C(=O)N[C@@H](Cc4c[nH]cn4)C(=O)N[C@@H](Cc4c[nH]cn4)C(=O)N[C@@H](Cc4c[nH]cn4)C(=O)O)cc3C(=O)[O-])c3ccc(=[N+](C)C)cc-3oc2c1. The van der Waals surface area contributed by atoms with Crippen molar-refractivity contribution in [3.05, 3.63) is 229 Å². The van der Waals surface area contributed by atoms with E-state index in [9.17, 15) is 43.8 Å². The molecular formula is C85H96N32O16S. The Hall–Kier alpha value is -16.8. The molecule has 48 nitrogen and oxygen atoms in total. The van der Waals surface area contributed by atoms with Crippen molar-refractivity contribution in [2.75, 3.05) is 56.5 Å². The third-order valence-electron chi connectivity index (χ3n) is 21.3. The number of nitrogens with zero attached hydrogens (tertiary/aromatic N) is 11. The second-order valence-electron chi connectivity index (χ2n) is 31.3. The number of aromatic nitrogens is 18. The fraction of sp³-hybridized carbons (Fsp3) is 0.306. The number of aliphatic carboxylic acids is 1. The Morgan fingerprint density at radius 2 is 0.716 bits per heavy atom. The Bertz CT molecular complexity index is 6220. The molecule has 10 atom stereocenters. The van der Waals surface area contributed by atoms with E-state index in [0.717, 1.165) is 22.8 Å². The normalized spacial score (nSPS) is 13.5. The Morgan fingerprint density at radius 3 is 1.01 bits per heavy atom. The van der Waals surface area contributed by atoms with Gasteiger partial charge in [-0.1, -0.05) is 6.07 Å². The Labute approximate surface area is 764 Å². The number of aromatic amines is 9. The average Bonchev–Trinajstić information content (AvgIpc) is 0.867. The van der Waals surface area contributed by atoms with E-state index in [4.69, 9.17) is 10.2 Å². The summed E-state index contributed by atoms with van der Waals surface area (Å²) >= 11 is 0.887. The van der Waals surface area contributed by atoms with Crippen molar-refractivity contribution in [2.24, 2.45) is 5.73 Å². The molecule has 13 rings (SSSR count). The van der Waals surface area contributed by atoms with E-state index in [1.54, 1.807) is 6.07 Å². The molecule has 0 fully saturated rings. The first-order chi connectivity index (χ1) is 64.6. The number of nitrogens with two attached hydrogens (primary N) is 1. The van der Waals surface area contributed by atoms with Crippen molar-refractivity contribution in [3.63, 3.8) is 0 Å². The van der Waals surface area contributed by atoms with Gasteiger partial charge in [0.15, 0.2) is 0 Å². The first kappa shape index (κ1) is 94.8. The zero-order chi connectivity index (χ0) is 94.9. The second kappa shape index (κ2) is 45.0. The van der Waals surface area contributed by atoms with Crippen LogP contribution in [0.4, 0.5) is 11.4 Å². The van der Waals surface area contributed by atoms with Gasteiger partial charge >= 0.3 is 5.97 Å². The topological polar surface area (TPSA) is 701 Å². The van der Waals surface area contributed by atoms with Crippen LogP contribution < -0.4 is 84.2 Å². The molecule has 11 amide bonds. The van der Waals surface area contributed by atoms with Gasteiger partial charge in [-0.25, -0.2) is 54.2 Å². The molecule has 0 saturated heterocycles. The highest BCUT2D eigenvalue weighted by Crippen LogP contribution is 2.43. The van der Waals surface area contributed by atoms with Crippen molar-refractivity contribution in [3.8, 4) is 22.5 Å². The summed E-state index contributed by atoms with van der Waals surface area (Å²) in [5.74, 6) is -13.5. The van der Waals surface area contributed by atoms with Gasteiger partial charge in [-0.15, -0.1) is 11.8 Å². The van der Waals surface area contributed by atoms with Crippen LogP contribution >= 0.6 is 11.8 Å². The van der Waals surface area contributed by atoms with Crippen LogP contribution in [-0.4, -0.2) is 278 Å². The molecular weight excluding hydrogens is 1760 g/mol. The fourth-order valence-corrected chi connectivity index (χ4v) is 15.3. The number of amides is 11. The number of imidazole rings is 9. The number of anilines is 2. The summed E-state index contributed by atoms with van der Waals surface area (Å²) < 4.78 is 8.35. The summed E-state index contributed by atoms with van der Waals surface area (Å²) in [5.41, 5.74) is 10.5. The lowest BCUT2D eigenvalue weighted by Crippen LogP contribution is -2.62. The smallest absolute Gasteiger partial charge is 0.326 e. The summed E-state index contributed by atoms with van der Waals surface area (Å²) in [6, 6.07) is -0.481. The number of hydrogen-bond donors (Lipinski definition) is 22. The molecule has 49 heteroatoms. The summed E-state index contributed by atoms with van der Waals surface area (Å²) in [5, 5.41) is 53.9. The molecule has 1 aliphatic heterocycles. The number of fused-ring (bicyclic) bond motifs is 2. The van der Waals surface area contributed by atoms with Crippen LogP contribution in [0.1, 0.15) is 61.6 Å². The number of carboxylic acid groups (broad SMARTS) is 2. The van der Waals surface area contributed by atoms with Crippen molar-refractivity contribution >= 4 is 111 Å². The van der Waals surface area contributed by atoms with Crippen LogP contribution in [0.5, 0.6) is 0 Å². The van der Waals surface area contributed by atoms with Crippen LogP contribution in [0.25, 0.3) is 33.4 Å². The van der Waals surface area contributed by atoms with E-state index in [1.165, 1.54) is 125 Å². The average molecular weight is 1850 g/mol. The van der Waals surface area contributed by atoms with E-state index in [-0.39, 0.29) is 132 Å². The third kappa shape index (κ3) is 25.8. The van der Waals surface area contributed by atoms with Crippen LogP contribution in [0.15, 0.2) is 172 Å². The molecule has 2 aliphatic rings. The van der Waals surface area contributed by atoms with Gasteiger partial charge in [0.1, 0.15) is 85.9 Å². The van der Waals surface area contributed by atoms with E-state index in [1.807, 2.05) is 74.1 Å². The number of aromatic carboxylic acids is 1. The third-order valence-corrected chi connectivity index (χ3v) is 22.3. The van der Waals surface area contributed by atoms with Gasteiger partial charge in [-0.3, -0.25) is 52.7 Å². The molecule has 0 spiro atoms. The number of carbonyl (C=O) groups is 13. The van der Waals surface area contributed by atoms with E-state index in [2.05, 4.69) is 148 Å². The number of carboxylic acids is 2. The van der Waals surface area contributed by atoms with Crippen molar-refractivity contribution < 1.29 is 77.0 Å². The van der Waals surface area contributed by atoms with Crippen LogP contribution in [0.2, 0.25) is 0 Å². The maximum atomic E-state index is 15.3. The number of hydrogen-bond acceptors (Lipinski definition) is 27. The summed E-state index contributed by atoms with van der Waals surface area (Å²) in [7, 11) is 7.51. The van der Waals surface area contributed by atoms with Gasteiger partial charge in [0.25, 0.3) is 0 Å². The van der Waals surface area contributed by atoms with Crippen molar-refractivity contribution in [1.29, 1.82) is 0 Å². The number of benzene rings is 3. The molecule has 1 aliphatic carbocycles. The molecule has 698 valence electrons. The van der Waals surface area contributed by atoms with Gasteiger partial charge < -0.3 is 133 Å². The summed E-state index contributed by atoms with van der Waals surface area (Å²) in [4.78, 5) is 253. The molecule has 10 heterocycles. The number of nitrogens with one attached hydrogen (secondary N) is 20. The van der Waals surface area contributed by atoms with E-state index < -0.39 is 144 Å². The molecule has 134 heavy (non-hydrogen) atoms. The molecule has 0 saturated carbocycles. The largest absolute Gasteiger partial charge is 0.545 e. The molecule has 0 unspecified atom stereocenters. The van der Waals surface area contributed by atoms with E-state index >= 15 is 28.8 Å². The summed E-state index contributed by atoms with van der Waals surface area (Å²) in [6.07, 6.45) is 21.8. The van der Waals surface area contributed by atoms with E-state index in [0.29, 0.717) is 33.6 Å². The lowest BCUT2D eigenvalue weighted by Gasteiger charge is -2.28. The molecule has 11 aromatic rings.